The first-order valence-electron chi connectivity index (χ1n) is 7.25. The second kappa shape index (κ2) is 6.26. The number of ether oxygens (including phenoxy) is 1. The number of aromatic nitrogens is 1. The van der Waals surface area contributed by atoms with Crippen molar-refractivity contribution < 1.29 is 4.74 Å². The molecule has 1 aliphatic carbocycles. The Bertz CT molecular complexity index is 468. The summed E-state index contributed by atoms with van der Waals surface area (Å²) in [6.07, 6.45) is 5.32. The van der Waals surface area contributed by atoms with Gasteiger partial charge in [-0.3, -0.25) is 4.90 Å². The summed E-state index contributed by atoms with van der Waals surface area (Å²) in [4.78, 5) is 6.93. The van der Waals surface area contributed by atoms with Crippen LogP contribution in [0.25, 0.3) is 0 Å². The summed E-state index contributed by atoms with van der Waals surface area (Å²) in [6.45, 7) is 2.51. The number of anilines is 1. The summed E-state index contributed by atoms with van der Waals surface area (Å²) >= 11 is 6.26. The van der Waals surface area contributed by atoms with Gasteiger partial charge in [0.05, 0.1) is 23.4 Å². The maximum Gasteiger partial charge on any atom is 0.140 e. The third-order valence-electron chi connectivity index (χ3n) is 4.27. The highest BCUT2D eigenvalue weighted by molar-refractivity contribution is 6.31. The minimum Gasteiger partial charge on any atom is -0.375 e. The van der Waals surface area contributed by atoms with Crippen molar-refractivity contribution in [2.75, 3.05) is 18.6 Å². The molecule has 6 heteroatoms. The molecule has 3 rings (SSSR count). The number of rotatable bonds is 3. The Morgan fingerprint density at radius 2 is 2.25 bits per heavy atom. The van der Waals surface area contributed by atoms with E-state index in [4.69, 9.17) is 22.2 Å². The number of nitrogens with two attached hydrogens (primary N) is 1. The summed E-state index contributed by atoms with van der Waals surface area (Å²) in [6, 6.07) is 4.14. The van der Waals surface area contributed by atoms with Gasteiger partial charge in [0, 0.05) is 19.1 Å². The molecule has 0 amide bonds. The maximum atomic E-state index is 6.26. The van der Waals surface area contributed by atoms with Gasteiger partial charge in [0.15, 0.2) is 0 Å². The van der Waals surface area contributed by atoms with Gasteiger partial charge in [-0.15, -0.1) is 0 Å². The summed E-state index contributed by atoms with van der Waals surface area (Å²) in [7, 11) is 0. The molecule has 2 fully saturated rings. The molecule has 2 heterocycles. The van der Waals surface area contributed by atoms with E-state index in [9.17, 15) is 0 Å². The topological polar surface area (TPSA) is 63.4 Å². The average molecular weight is 297 g/mol. The zero-order valence-corrected chi connectivity index (χ0v) is 12.3. The van der Waals surface area contributed by atoms with Crippen molar-refractivity contribution in [3.05, 3.63) is 22.8 Å². The minimum atomic E-state index is 0.382. The highest BCUT2D eigenvalue weighted by Crippen LogP contribution is 2.30. The predicted molar refractivity (Wildman–Crippen MR) is 79.5 cm³/mol. The first-order valence-corrected chi connectivity index (χ1v) is 7.63. The van der Waals surface area contributed by atoms with Gasteiger partial charge in [0.2, 0.25) is 0 Å². The van der Waals surface area contributed by atoms with E-state index in [1.54, 1.807) is 6.07 Å². The molecular formula is C14H21ClN4O. The van der Waals surface area contributed by atoms with E-state index >= 15 is 0 Å². The van der Waals surface area contributed by atoms with Crippen LogP contribution in [0.15, 0.2) is 12.1 Å². The maximum absolute atomic E-state index is 6.26. The lowest BCUT2D eigenvalue weighted by Crippen LogP contribution is -2.52. The van der Waals surface area contributed by atoms with E-state index in [-0.39, 0.29) is 0 Å². The largest absolute Gasteiger partial charge is 0.375 e. The van der Waals surface area contributed by atoms with Crippen LogP contribution in [0, 0.1) is 0 Å². The number of halogens is 1. The van der Waals surface area contributed by atoms with Crippen LogP contribution in [0.1, 0.15) is 31.4 Å². The Morgan fingerprint density at radius 1 is 1.40 bits per heavy atom. The highest BCUT2D eigenvalue weighted by Gasteiger charge is 2.34. The second-order valence-corrected chi connectivity index (χ2v) is 5.91. The van der Waals surface area contributed by atoms with Crippen molar-refractivity contribution in [2.24, 2.45) is 5.84 Å². The van der Waals surface area contributed by atoms with Crippen LogP contribution in [0.2, 0.25) is 5.02 Å². The van der Waals surface area contributed by atoms with Crippen molar-refractivity contribution in [3.8, 4) is 0 Å². The molecule has 0 bridgehead atoms. The molecule has 1 aromatic heterocycles. The Labute approximate surface area is 124 Å². The SMILES string of the molecule is NNc1ccc(Cl)c(CN2CCOC3CCCCC32)n1. The molecule has 110 valence electrons. The van der Waals surface area contributed by atoms with Gasteiger partial charge in [-0.25, -0.2) is 10.8 Å². The van der Waals surface area contributed by atoms with Gasteiger partial charge in [-0.1, -0.05) is 24.4 Å². The van der Waals surface area contributed by atoms with Crippen molar-refractivity contribution in [1.82, 2.24) is 9.88 Å². The third kappa shape index (κ3) is 2.91. The summed E-state index contributed by atoms with van der Waals surface area (Å²) < 4.78 is 5.90. The van der Waals surface area contributed by atoms with Crippen LogP contribution in [0.3, 0.4) is 0 Å². The molecule has 0 radical (unpaired) electrons. The van der Waals surface area contributed by atoms with E-state index in [1.807, 2.05) is 6.07 Å². The fourth-order valence-electron chi connectivity index (χ4n) is 3.24. The predicted octanol–water partition coefficient (Wildman–Crippen LogP) is 2.16. The molecule has 3 N–H and O–H groups in total. The quantitative estimate of drug-likeness (QED) is 0.661. The van der Waals surface area contributed by atoms with Crippen LogP contribution in [0.4, 0.5) is 5.82 Å². The number of hydrogen-bond acceptors (Lipinski definition) is 5. The Morgan fingerprint density at radius 3 is 3.10 bits per heavy atom. The van der Waals surface area contributed by atoms with E-state index in [0.717, 1.165) is 25.4 Å². The van der Waals surface area contributed by atoms with Gasteiger partial charge in [-0.05, 0) is 25.0 Å². The standard InChI is InChI=1S/C14H21ClN4O/c15-10-5-6-14(18-16)17-11(10)9-19-7-8-20-13-4-2-1-3-12(13)19/h5-6,12-13H,1-4,7-9,16H2,(H,17,18). The van der Waals surface area contributed by atoms with Gasteiger partial charge in [-0.2, -0.15) is 0 Å². The molecule has 0 spiro atoms. The number of morpholine rings is 1. The van der Waals surface area contributed by atoms with Crippen LogP contribution >= 0.6 is 11.6 Å². The first-order chi connectivity index (χ1) is 9.78. The molecule has 5 nitrogen and oxygen atoms in total. The number of nitrogens with zero attached hydrogens (tertiary/aromatic N) is 2. The monoisotopic (exact) mass is 296 g/mol. The normalized spacial score (nSPS) is 27.1. The summed E-state index contributed by atoms with van der Waals surface area (Å²) in [5, 5.41) is 0.697. The fraction of sp³-hybridized carbons (Fsp3) is 0.643. The number of hydrogen-bond donors (Lipinski definition) is 2. The molecule has 1 saturated carbocycles. The molecule has 1 aliphatic heterocycles. The zero-order chi connectivity index (χ0) is 13.9. The first kappa shape index (κ1) is 14.1. The number of nitrogen functional groups attached to an aromatic ring is 1. The van der Waals surface area contributed by atoms with E-state index in [0.29, 0.717) is 23.0 Å². The number of nitrogens with one attached hydrogen (secondary N) is 1. The Balaban J connectivity index is 1.75. The highest BCUT2D eigenvalue weighted by atomic mass is 35.5. The lowest BCUT2D eigenvalue weighted by Gasteiger charge is -2.43. The lowest BCUT2D eigenvalue weighted by molar-refractivity contribution is -0.0914. The molecule has 2 unspecified atom stereocenters. The number of hydrazine groups is 1. The summed E-state index contributed by atoms with van der Waals surface area (Å²) in [5.41, 5.74) is 3.46. The molecule has 1 aromatic rings. The molecule has 0 aromatic carbocycles. The van der Waals surface area contributed by atoms with Crippen LogP contribution in [-0.2, 0) is 11.3 Å². The van der Waals surface area contributed by atoms with Crippen LogP contribution in [0.5, 0.6) is 0 Å². The zero-order valence-electron chi connectivity index (χ0n) is 11.5. The molecular weight excluding hydrogens is 276 g/mol. The van der Waals surface area contributed by atoms with Crippen molar-refractivity contribution >= 4 is 17.4 Å². The van der Waals surface area contributed by atoms with Crippen molar-refractivity contribution in [2.45, 2.75) is 44.4 Å². The van der Waals surface area contributed by atoms with Gasteiger partial charge in [0.25, 0.3) is 0 Å². The van der Waals surface area contributed by atoms with Crippen molar-refractivity contribution in [1.29, 1.82) is 0 Å². The van der Waals surface area contributed by atoms with Crippen LogP contribution < -0.4 is 11.3 Å². The fourth-order valence-corrected chi connectivity index (χ4v) is 3.41. The van der Waals surface area contributed by atoms with E-state index in [2.05, 4.69) is 15.3 Å². The minimum absolute atomic E-state index is 0.382. The van der Waals surface area contributed by atoms with Gasteiger partial charge < -0.3 is 10.2 Å². The van der Waals surface area contributed by atoms with E-state index < -0.39 is 0 Å². The molecule has 2 aliphatic rings. The van der Waals surface area contributed by atoms with Gasteiger partial charge >= 0.3 is 0 Å². The van der Waals surface area contributed by atoms with E-state index in [1.165, 1.54) is 25.7 Å². The molecule has 1 saturated heterocycles. The average Bonchev–Trinajstić information content (AvgIpc) is 2.50. The second-order valence-electron chi connectivity index (χ2n) is 5.50. The Hall–Kier alpha value is -0.880. The smallest absolute Gasteiger partial charge is 0.140 e. The molecule has 20 heavy (non-hydrogen) atoms. The van der Waals surface area contributed by atoms with Crippen LogP contribution in [-0.4, -0.2) is 35.2 Å². The summed E-state index contributed by atoms with van der Waals surface area (Å²) in [5.74, 6) is 6.07. The van der Waals surface area contributed by atoms with Gasteiger partial charge in [0.1, 0.15) is 5.82 Å². The Kier molecular flexibility index (Phi) is 4.41. The number of pyridine rings is 1. The lowest BCUT2D eigenvalue weighted by atomic mass is 9.90. The molecule has 2 atom stereocenters. The third-order valence-corrected chi connectivity index (χ3v) is 4.61. The number of fused-ring (bicyclic) bond motifs is 1. The van der Waals surface area contributed by atoms with Crippen molar-refractivity contribution in [3.63, 3.8) is 0 Å².